The summed E-state index contributed by atoms with van der Waals surface area (Å²) in [7, 11) is 0. The van der Waals surface area contributed by atoms with Crippen molar-refractivity contribution < 1.29 is 14.3 Å². The molecule has 6 heteroatoms. The van der Waals surface area contributed by atoms with Gasteiger partial charge in [0.2, 0.25) is 0 Å². The average molecular weight is 405 g/mol. The van der Waals surface area contributed by atoms with Crippen molar-refractivity contribution in [1.29, 1.82) is 0 Å². The Morgan fingerprint density at radius 1 is 1.05 bits per heavy atom. The van der Waals surface area contributed by atoms with Crippen LogP contribution in [0.25, 0.3) is 0 Å². The third-order valence-electron chi connectivity index (χ3n) is 3.74. The molecule has 4 nitrogen and oxygen atoms in total. The molecule has 1 aromatic carbocycles. The monoisotopic (exact) mass is 403 g/mol. The number of piperidine rings is 1. The van der Waals surface area contributed by atoms with Crippen molar-refractivity contribution in [2.45, 2.75) is 18.6 Å². The van der Waals surface area contributed by atoms with E-state index < -0.39 is 5.79 Å². The highest BCUT2D eigenvalue weighted by Crippen LogP contribution is 2.32. The molecule has 1 spiro atoms. The summed E-state index contributed by atoms with van der Waals surface area (Å²) >= 11 is 6.83. The number of likely N-dealkylation sites (tertiary alicyclic amines) is 1. The molecule has 108 valence electrons. The Morgan fingerprint density at radius 3 is 2.15 bits per heavy atom. The van der Waals surface area contributed by atoms with Crippen LogP contribution in [0.1, 0.15) is 23.2 Å². The fourth-order valence-corrected chi connectivity index (χ4v) is 3.99. The number of nitrogens with zero attached hydrogens (tertiary/aromatic N) is 1. The van der Waals surface area contributed by atoms with Gasteiger partial charge in [-0.25, -0.2) is 0 Å². The van der Waals surface area contributed by atoms with Gasteiger partial charge in [-0.3, -0.25) is 4.79 Å². The van der Waals surface area contributed by atoms with Crippen LogP contribution >= 0.6 is 31.9 Å². The Kier molecular flexibility index (Phi) is 4.17. The van der Waals surface area contributed by atoms with Gasteiger partial charge in [0.05, 0.1) is 13.2 Å². The lowest BCUT2D eigenvalue weighted by atomic mass is 10.0. The summed E-state index contributed by atoms with van der Waals surface area (Å²) in [5.74, 6) is -0.380. The van der Waals surface area contributed by atoms with Crippen LogP contribution in [0, 0.1) is 0 Å². The number of halogens is 2. The first-order chi connectivity index (χ1) is 9.58. The van der Waals surface area contributed by atoms with E-state index in [4.69, 9.17) is 9.47 Å². The van der Waals surface area contributed by atoms with Gasteiger partial charge in [0, 0.05) is 40.4 Å². The lowest BCUT2D eigenvalue weighted by molar-refractivity contribution is -0.181. The van der Waals surface area contributed by atoms with Crippen LogP contribution in [-0.4, -0.2) is 42.9 Å². The first-order valence-corrected chi connectivity index (χ1v) is 8.20. The van der Waals surface area contributed by atoms with Gasteiger partial charge in [-0.05, 0) is 18.2 Å². The van der Waals surface area contributed by atoms with Crippen LogP contribution in [0.15, 0.2) is 27.1 Å². The highest BCUT2D eigenvalue weighted by molar-refractivity contribution is 9.11. The van der Waals surface area contributed by atoms with Crippen molar-refractivity contribution >= 4 is 37.8 Å². The van der Waals surface area contributed by atoms with E-state index in [0.717, 1.165) is 21.8 Å². The smallest absolute Gasteiger partial charge is 0.253 e. The topological polar surface area (TPSA) is 38.8 Å². The van der Waals surface area contributed by atoms with Gasteiger partial charge in [-0.1, -0.05) is 31.9 Å². The van der Waals surface area contributed by atoms with Gasteiger partial charge in [0.15, 0.2) is 5.79 Å². The Labute approximate surface area is 134 Å². The number of amides is 1. The molecular formula is C14H15Br2NO3. The Hall–Kier alpha value is -0.430. The van der Waals surface area contributed by atoms with Gasteiger partial charge >= 0.3 is 0 Å². The SMILES string of the molecule is O=C(c1cc(Br)cc(Br)c1)N1CCC2(CC1)OCCO2. The van der Waals surface area contributed by atoms with Crippen LogP contribution in [0.3, 0.4) is 0 Å². The van der Waals surface area contributed by atoms with Crippen molar-refractivity contribution in [3.8, 4) is 0 Å². The van der Waals surface area contributed by atoms with E-state index >= 15 is 0 Å². The minimum Gasteiger partial charge on any atom is -0.347 e. The zero-order valence-corrected chi connectivity index (χ0v) is 14.1. The van der Waals surface area contributed by atoms with Crippen molar-refractivity contribution in [3.63, 3.8) is 0 Å². The number of benzene rings is 1. The highest BCUT2D eigenvalue weighted by atomic mass is 79.9. The maximum atomic E-state index is 12.5. The molecule has 2 saturated heterocycles. The molecule has 3 rings (SSSR count). The molecule has 0 aliphatic carbocycles. The fourth-order valence-electron chi connectivity index (χ4n) is 2.70. The van der Waals surface area contributed by atoms with Crippen molar-refractivity contribution in [2.24, 2.45) is 0 Å². The van der Waals surface area contributed by atoms with Gasteiger partial charge in [-0.15, -0.1) is 0 Å². The summed E-state index contributed by atoms with van der Waals surface area (Å²) in [6.07, 6.45) is 1.49. The van der Waals surface area contributed by atoms with E-state index in [-0.39, 0.29) is 5.91 Å². The summed E-state index contributed by atoms with van der Waals surface area (Å²) < 4.78 is 13.1. The number of hydrogen-bond acceptors (Lipinski definition) is 3. The molecule has 0 radical (unpaired) electrons. The minimum atomic E-state index is -0.436. The van der Waals surface area contributed by atoms with E-state index in [1.165, 1.54) is 0 Å². The molecule has 1 amide bonds. The summed E-state index contributed by atoms with van der Waals surface area (Å²) in [5, 5.41) is 0. The van der Waals surface area contributed by atoms with Crippen LogP contribution < -0.4 is 0 Å². The molecule has 0 aromatic heterocycles. The third-order valence-corrected chi connectivity index (χ3v) is 4.65. The van der Waals surface area contributed by atoms with E-state index in [0.29, 0.717) is 31.9 Å². The molecule has 0 unspecified atom stereocenters. The van der Waals surface area contributed by atoms with Gasteiger partial charge < -0.3 is 14.4 Å². The number of carbonyl (C=O) groups excluding carboxylic acids is 1. The Bertz CT molecular complexity index is 499. The number of ether oxygens (including phenoxy) is 2. The first kappa shape index (κ1) is 14.5. The summed E-state index contributed by atoms with van der Waals surface area (Å²) in [6.45, 7) is 2.66. The predicted molar refractivity (Wildman–Crippen MR) is 81.6 cm³/mol. The summed E-state index contributed by atoms with van der Waals surface area (Å²) in [4.78, 5) is 14.4. The maximum Gasteiger partial charge on any atom is 0.253 e. The first-order valence-electron chi connectivity index (χ1n) is 6.61. The summed E-state index contributed by atoms with van der Waals surface area (Å²) in [5.41, 5.74) is 0.690. The number of rotatable bonds is 1. The molecule has 2 heterocycles. The van der Waals surface area contributed by atoms with Crippen molar-refractivity contribution in [3.05, 3.63) is 32.7 Å². The van der Waals surface area contributed by atoms with E-state index in [1.54, 1.807) is 0 Å². The normalized spacial score (nSPS) is 21.4. The Morgan fingerprint density at radius 2 is 1.60 bits per heavy atom. The molecule has 2 aliphatic rings. The number of hydrogen-bond donors (Lipinski definition) is 0. The van der Waals surface area contributed by atoms with E-state index in [9.17, 15) is 4.79 Å². The van der Waals surface area contributed by atoms with Gasteiger partial charge in [0.25, 0.3) is 5.91 Å². The Balaban J connectivity index is 1.69. The predicted octanol–water partition coefficient (Wildman–Crippen LogP) is 3.19. The highest BCUT2D eigenvalue weighted by Gasteiger charge is 2.40. The van der Waals surface area contributed by atoms with Gasteiger partial charge in [0.1, 0.15) is 0 Å². The van der Waals surface area contributed by atoms with Crippen molar-refractivity contribution in [2.75, 3.05) is 26.3 Å². The zero-order valence-electron chi connectivity index (χ0n) is 10.9. The van der Waals surface area contributed by atoms with E-state index in [2.05, 4.69) is 31.9 Å². The van der Waals surface area contributed by atoms with Crippen LogP contribution in [-0.2, 0) is 9.47 Å². The number of carbonyl (C=O) groups is 1. The molecule has 2 aliphatic heterocycles. The van der Waals surface area contributed by atoms with Crippen molar-refractivity contribution in [1.82, 2.24) is 4.90 Å². The minimum absolute atomic E-state index is 0.0554. The fraction of sp³-hybridized carbons (Fsp3) is 0.500. The molecule has 1 aromatic rings. The molecule has 0 saturated carbocycles. The molecule has 2 fully saturated rings. The molecule has 0 atom stereocenters. The van der Waals surface area contributed by atoms with E-state index in [1.807, 2.05) is 23.1 Å². The molecular weight excluding hydrogens is 390 g/mol. The zero-order chi connectivity index (χ0) is 14.2. The third kappa shape index (κ3) is 2.93. The summed E-state index contributed by atoms with van der Waals surface area (Å²) in [6, 6.07) is 5.61. The lowest BCUT2D eigenvalue weighted by Gasteiger charge is -2.37. The maximum absolute atomic E-state index is 12.5. The quantitative estimate of drug-likeness (QED) is 0.721. The van der Waals surface area contributed by atoms with Crippen LogP contribution in [0.2, 0.25) is 0 Å². The largest absolute Gasteiger partial charge is 0.347 e. The lowest BCUT2D eigenvalue weighted by Crippen LogP contribution is -2.47. The van der Waals surface area contributed by atoms with Gasteiger partial charge in [-0.2, -0.15) is 0 Å². The molecule has 20 heavy (non-hydrogen) atoms. The molecule has 0 bridgehead atoms. The second kappa shape index (κ2) is 5.75. The van der Waals surface area contributed by atoms with Crippen LogP contribution in [0.4, 0.5) is 0 Å². The average Bonchev–Trinajstić information content (AvgIpc) is 2.86. The second-order valence-electron chi connectivity index (χ2n) is 5.06. The standard InChI is InChI=1S/C14H15Br2NO3/c15-11-7-10(8-12(16)9-11)13(18)17-3-1-14(2-4-17)19-5-6-20-14/h7-9H,1-6H2. The molecule has 0 N–H and O–H groups in total. The van der Waals surface area contributed by atoms with Crippen LogP contribution in [0.5, 0.6) is 0 Å². The second-order valence-corrected chi connectivity index (χ2v) is 6.89.